The van der Waals surface area contributed by atoms with Crippen LogP contribution in [0.4, 0.5) is 0 Å². The van der Waals surface area contributed by atoms with E-state index >= 15 is 0 Å². The summed E-state index contributed by atoms with van der Waals surface area (Å²) in [7, 11) is 0. The SMILES string of the molecule is [2H]C([2H])([2H])[C@]12CCC[C@@H](C)[C@@H]1CC=C2[C@H](C)CC(=O)OCC. The summed E-state index contributed by atoms with van der Waals surface area (Å²) in [6, 6.07) is 0. The molecule has 1 fully saturated rings. The summed E-state index contributed by atoms with van der Waals surface area (Å²) in [5.74, 6) is 0.324. The maximum atomic E-state index is 11.8. The second kappa shape index (κ2) is 5.68. The summed E-state index contributed by atoms with van der Waals surface area (Å²) in [4.78, 5) is 11.8. The van der Waals surface area contributed by atoms with Crippen LogP contribution in [0, 0.1) is 23.2 Å². The Kier molecular flexibility index (Phi) is 3.27. The third kappa shape index (κ3) is 2.73. The second-order valence-electron chi connectivity index (χ2n) is 6.25. The van der Waals surface area contributed by atoms with Crippen LogP contribution in [0.25, 0.3) is 0 Å². The van der Waals surface area contributed by atoms with E-state index in [0.29, 0.717) is 12.5 Å². The molecule has 0 N–H and O–H groups in total. The average Bonchev–Trinajstić information content (AvgIpc) is 2.80. The molecular formula is C17H28O2. The highest BCUT2D eigenvalue weighted by Crippen LogP contribution is 2.56. The third-order valence-corrected chi connectivity index (χ3v) is 4.97. The van der Waals surface area contributed by atoms with Gasteiger partial charge in [0.25, 0.3) is 0 Å². The van der Waals surface area contributed by atoms with E-state index in [0.717, 1.165) is 31.3 Å². The zero-order valence-corrected chi connectivity index (χ0v) is 12.4. The Hall–Kier alpha value is -0.790. The molecule has 2 aliphatic rings. The fourth-order valence-electron chi connectivity index (χ4n) is 4.02. The lowest BCUT2D eigenvalue weighted by atomic mass is 9.60. The van der Waals surface area contributed by atoms with E-state index in [1.54, 1.807) is 6.92 Å². The lowest BCUT2D eigenvalue weighted by Gasteiger charge is -2.44. The molecule has 108 valence electrons. The molecule has 4 atom stereocenters. The first-order valence-corrected chi connectivity index (χ1v) is 7.60. The topological polar surface area (TPSA) is 26.3 Å². The van der Waals surface area contributed by atoms with Crippen molar-refractivity contribution in [2.75, 3.05) is 6.61 Å². The maximum Gasteiger partial charge on any atom is 0.306 e. The zero-order valence-electron chi connectivity index (χ0n) is 15.4. The summed E-state index contributed by atoms with van der Waals surface area (Å²) >= 11 is 0. The monoisotopic (exact) mass is 267 g/mol. The zero-order chi connectivity index (χ0) is 16.5. The molecule has 2 nitrogen and oxygen atoms in total. The molecule has 0 bridgehead atoms. The Morgan fingerprint density at radius 1 is 1.68 bits per heavy atom. The largest absolute Gasteiger partial charge is 0.466 e. The van der Waals surface area contributed by atoms with Crippen LogP contribution < -0.4 is 0 Å². The minimum absolute atomic E-state index is 0.0604. The molecular weight excluding hydrogens is 236 g/mol. The fourth-order valence-corrected chi connectivity index (χ4v) is 4.02. The minimum Gasteiger partial charge on any atom is -0.466 e. The third-order valence-electron chi connectivity index (χ3n) is 4.97. The van der Waals surface area contributed by atoms with E-state index in [4.69, 9.17) is 8.85 Å². The molecule has 0 saturated heterocycles. The molecule has 0 aromatic heterocycles. The van der Waals surface area contributed by atoms with Crippen LogP contribution in [0.15, 0.2) is 11.6 Å². The van der Waals surface area contributed by atoms with Gasteiger partial charge >= 0.3 is 5.97 Å². The maximum absolute atomic E-state index is 11.8. The molecule has 0 aromatic rings. The van der Waals surface area contributed by atoms with Gasteiger partial charge in [0.2, 0.25) is 0 Å². The molecule has 2 rings (SSSR count). The molecule has 1 saturated carbocycles. The molecule has 0 amide bonds. The number of carbonyl (C=O) groups excluding carboxylic acids is 1. The number of fused-ring (bicyclic) bond motifs is 1. The Balaban J connectivity index is 2.28. The quantitative estimate of drug-likeness (QED) is 0.559. The van der Waals surface area contributed by atoms with Crippen LogP contribution in [-0.2, 0) is 9.53 Å². The average molecular weight is 267 g/mol. The van der Waals surface area contributed by atoms with Crippen molar-refractivity contribution in [1.82, 2.24) is 0 Å². The molecule has 2 aliphatic carbocycles. The fraction of sp³-hybridized carbons (Fsp3) is 0.824. The summed E-state index contributed by atoms with van der Waals surface area (Å²) in [6.07, 6.45) is 6.01. The van der Waals surface area contributed by atoms with Gasteiger partial charge in [-0.3, -0.25) is 4.79 Å². The lowest BCUT2D eigenvalue weighted by Crippen LogP contribution is -2.35. The molecule has 0 aliphatic heterocycles. The van der Waals surface area contributed by atoms with Crippen LogP contribution in [0.5, 0.6) is 0 Å². The summed E-state index contributed by atoms with van der Waals surface area (Å²) in [5.41, 5.74) is 0.258. The minimum atomic E-state index is -2.00. The number of ether oxygens (including phenoxy) is 1. The summed E-state index contributed by atoms with van der Waals surface area (Å²) in [6.45, 7) is 4.31. The van der Waals surface area contributed by atoms with Crippen molar-refractivity contribution in [2.24, 2.45) is 23.2 Å². The van der Waals surface area contributed by atoms with Crippen LogP contribution >= 0.6 is 0 Å². The molecule has 0 radical (unpaired) electrons. The Morgan fingerprint density at radius 3 is 3.16 bits per heavy atom. The number of allylic oxidation sites excluding steroid dienone is 2. The second-order valence-corrected chi connectivity index (χ2v) is 6.25. The van der Waals surface area contributed by atoms with Crippen LogP contribution in [0.1, 0.15) is 63.8 Å². The van der Waals surface area contributed by atoms with E-state index in [1.807, 2.05) is 6.92 Å². The van der Waals surface area contributed by atoms with Gasteiger partial charge in [0, 0.05) is 4.11 Å². The summed E-state index contributed by atoms with van der Waals surface area (Å²) in [5, 5.41) is 0. The Bertz CT molecular complexity index is 455. The van der Waals surface area contributed by atoms with Crippen molar-refractivity contribution in [1.29, 1.82) is 0 Å². The van der Waals surface area contributed by atoms with Gasteiger partial charge in [0.1, 0.15) is 0 Å². The standard InChI is InChI=1S/C17H28O2/c1-5-19-16(18)11-13(3)15-9-8-14-12(2)7-6-10-17(14,15)4/h9,12-14H,5-8,10-11H2,1-4H3/t12-,13-,14+,17+/m1/s1/i4D3. The van der Waals surface area contributed by atoms with Gasteiger partial charge in [0.15, 0.2) is 0 Å². The van der Waals surface area contributed by atoms with E-state index in [1.165, 1.54) is 0 Å². The molecule has 0 heterocycles. The van der Waals surface area contributed by atoms with Crippen molar-refractivity contribution in [3.8, 4) is 0 Å². The predicted octanol–water partition coefficient (Wildman–Crippen LogP) is 4.35. The molecule has 0 aromatic carbocycles. The van der Waals surface area contributed by atoms with Crippen LogP contribution in [0.2, 0.25) is 0 Å². The van der Waals surface area contributed by atoms with Crippen LogP contribution in [0.3, 0.4) is 0 Å². The molecule has 19 heavy (non-hydrogen) atoms. The van der Waals surface area contributed by atoms with Gasteiger partial charge in [-0.25, -0.2) is 0 Å². The van der Waals surface area contributed by atoms with E-state index < -0.39 is 12.3 Å². The number of rotatable bonds is 4. The van der Waals surface area contributed by atoms with Gasteiger partial charge < -0.3 is 4.74 Å². The highest BCUT2D eigenvalue weighted by molar-refractivity contribution is 5.70. The van der Waals surface area contributed by atoms with Gasteiger partial charge in [-0.15, -0.1) is 0 Å². The van der Waals surface area contributed by atoms with Gasteiger partial charge in [0.05, 0.1) is 13.0 Å². The van der Waals surface area contributed by atoms with E-state index in [9.17, 15) is 4.79 Å². The van der Waals surface area contributed by atoms with Gasteiger partial charge in [-0.05, 0) is 42.9 Å². The summed E-state index contributed by atoms with van der Waals surface area (Å²) < 4.78 is 29.6. The molecule has 2 heteroatoms. The number of hydrogen-bond donors (Lipinski definition) is 0. The van der Waals surface area contributed by atoms with E-state index in [2.05, 4.69) is 13.0 Å². The predicted molar refractivity (Wildman–Crippen MR) is 77.7 cm³/mol. The lowest BCUT2D eigenvalue weighted by molar-refractivity contribution is -0.143. The number of hydrogen-bond acceptors (Lipinski definition) is 2. The highest BCUT2D eigenvalue weighted by Gasteiger charge is 2.46. The number of carbonyl (C=O) groups is 1. The smallest absolute Gasteiger partial charge is 0.306 e. The first kappa shape index (κ1) is 10.9. The van der Waals surface area contributed by atoms with E-state index in [-0.39, 0.29) is 24.2 Å². The molecule has 0 spiro atoms. The van der Waals surface area contributed by atoms with Crippen molar-refractivity contribution < 1.29 is 13.6 Å². The Morgan fingerprint density at radius 2 is 2.47 bits per heavy atom. The molecule has 0 unspecified atom stereocenters. The Labute approximate surface area is 121 Å². The van der Waals surface area contributed by atoms with Crippen molar-refractivity contribution in [3.05, 3.63) is 11.6 Å². The van der Waals surface area contributed by atoms with Crippen molar-refractivity contribution in [2.45, 2.75) is 59.7 Å². The van der Waals surface area contributed by atoms with Gasteiger partial charge in [-0.2, -0.15) is 0 Å². The van der Waals surface area contributed by atoms with Gasteiger partial charge in [-0.1, -0.05) is 45.2 Å². The first-order chi connectivity index (χ1) is 10.2. The normalized spacial score (nSPS) is 38.5. The van der Waals surface area contributed by atoms with Crippen molar-refractivity contribution in [3.63, 3.8) is 0 Å². The number of esters is 1. The highest BCUT2D eigenvalue weighted by atomic mass is 16.5. The first-order valence-electron chi connectivity index (χ1n) is 9.10. The van der Waals surface area contributed by atoms with Crippen LogP contribution in [-0.4, -0.2) is 12.6 Å². The van der Waals surface area contributed by atoms with Crippen molar-refractivity contribution >= 4 is 5.97 Å².